The van der Waals surface area contributed by atoms with Crippen molar-refractivity contribution in [1.82, 2.24) is 4.90 Å². The number of anilines is 3. The highest BCUT2D eigenvalue weighted by Crippen LogP contribution is 2.44. The molecule has 0 saturated carbocycles. The van der Waals surface area contributed by atoms with Gasteiger partial charge in [0.15, 0.2) is 0 Å². The predicted octanol–water partition coefficient (Wildman–Crippen LogP) is 2.19. The minimum Gasteiger partial charge on any atom is -0.326 e. The number of nitrogens with zero attached hydrogens (tertiary/aromatic N) is 2. The summed E-state index contributed by atoms with van der Waals surface area (Å²) in [5.41, 5.74) is 0.383. The van der Waals surface area contributed by atoms with Crippen molar-refractivity contribution in [2.24, 2.45) is 0 Å². The van der Waals surface area contributed by atoms with Gasteiger partial charge < -0.3 is 15.5 Å². The molecule has 0 aromatic heterocycles. The Labute approximate surface area is 167 Å². The van der Waals surface area contributed by atoms with E-state index >= 15 is 0 Å². The van der Waals surface area contributed by atoms with Crippen molar-refractivity contribution in [2.45, 2.75) is 25.4 Å². The largest absolute Gasteiger partial charge is 0.326 e. The fourth-order valence-electron chi connectivity index (χ4n) is 4.04. The van der Waals surface area contributed by atoms with Crippen LogP contribution in [0.5, 0.6) is 0 Å². The molecule has 1 atom stereocenters. The van der Waals surface area contributed by atoms with Crippen LogP contribution >= 0.6 is 0 Å². The van der Waals surface area contributed by atoms with Crippen molar-refractivity contribution in [3.05, 3.63) is 54.1 Å². The molecule has 0 radical (unpaired) electrons. The van der Waals surface area contributed by atoms with Crippen LogP contribution in [0.4, 0.5) is 17.1 Å². The molecule has 0 bridgehead atoms. The van der Waals surface area contributed by atoms with E-state index in [1.54, 1.807) is 48.5 Å². The van der Waals surface area contributed by atoms with Crippen LogP contribution in [-0.4, -0.2) is 41.2 Å². The van der Waals surface area contributed by atoms with Gasteiger partial charge in [-0.1, -0.05) is 18.2 Å². The zero-order chi connectivity index (χ0) is 20.8. The van der Waals surface area contributed by atoms with Gasteiger partial charge in [-0.15, -0.1) is 0 Å². The van der Waals surface area contributed by atoms with Gasteiger partial charge in [0.1, 0.15) is 0 Å². The van der Waals surface area contributed by atoms with E-state index in [-0.39, 0.29) is 30.6 Å². The van der Waals surface area contributed by atoms with Gasteiger partial charge in [0.05, 0.1) is 11.3 Å². The van der Waals surface area contributed by atoms with E-state index < -0.39 is 11.6 Å². The highest BCUT2D eigenvalue weighted by Gasteiger charge is 2.59. The smallest absolute Gasteiger partial charge is 0.271 e. The molecule has 0 aliphatic carbocycles. The molecule has 8 heteroatoms. The molecule has 2 aliphatic heterocycles. The number of fused-ring (bicyclic) bond motifs is 3. The number of carbonyl (C=O) groups is 4. The summed E-state index contributed by atoms with van der Waals surface area (Å²) in [6, 6.07) is 13.5. The molecule has 1 unspecified atom stereocenters. The second-order valence-corrected chi connectivity index (χ2v) is 7.14. The molecule has 2 aromatic carbocycles. The average Bonchev–Trinajstić information content (AvgIpc) is 3.04. The van der Waals surface area contributed by atoms with Crippen molar-refractivity contribution in [3.8, 4) is 0 Å². The van der Waals surface area contributed by atoms with Crippen LogP contribution in [0, 0.1) is 0 Å². The van der Waals surface area contributed by atoms with Crippen LogP contribution in [0.15, 0.2) is 48.5 Å². The molecule has 1 fully saturated rings. The molecule has 4 amide bonds. The van der Waals surface area contributed by atoms with Crippen LogP contribution < -0.4 is 15.5 Å². The third kappa shape index (κ3) is 2.84. The van der Waals surface area contributed by atoms with Gasteiger partial charge in [-0.3, -0.25) is 24.1 Å². The minimum absolute atomic E-state index is 0.158. The van der Waals surface area contributed by atoms with E-state index in [4.69, 9.17) is 0 Å². The third-order valence-corrected chi connectivity index (χ3v) is 5.35. The fourth-order valence-corrected chi connectivity index (χ4v) is 4.04. The van der Waals surface area contributed by atoms with E-state index in [1.165, 1.54) is 23.8 Å². The number of rotatable bonds is 3. The summed E-state index contributed by atoms with van der Waals surface area (Å²) >= 11 is 0. The zero-order valence-electron chi connectivity index (χ0n) is 16.1. The Kier molecular flexibility index (Phi) is 4.34. The van der Waals surface area contributed by atoms with Gasteiger partial charge in [0, 0.05) is 38.2 Å². The maximum absolute atomic E-state index is 13.4. The molecule has 148 valence electrons. The lowest BCUT2D eigenvalue weighted by molar-refractivity contribution is -0.128. The predicted molar refractivity (Wildman–Crippen MR) is 107 cm³/mol. The van der Waals surface area contributed by atoms with Gasteiger partial charge in [0.2, 0.25) is 17.5 Å². The average molecular weight is 392 g/mol. The lowest BCUT2D eigenvalue weighted by Crippen LogP contribution is -2.68. The Morgan fingerprint density at radius 2 is 1.69 bits per heavy atom. The van der Waals surface area contributed by atoms with Crippen LogP contribution in [-0.2, 0) is 14.4 Å². The molecule has 4 rings (SSSR count). The summed E-state index contributed by atoms with van der Waals surface area (Å²) in [6.07, 6.45) is 0.352. The van der Waals surface area contributed by atoms with Gasteiger partial charge in [-0.2, -0.15) is 0 Å². The second kappa shape index (κ2) is 6.73. The summed E-state index contributed by atoms with van der Waals surface area (Å²) in [4.78, 5) is 53.2. The van der Waals surface area contributed by atoms with Gasteiger partial charge in [0.25, 0.3) is 11.8 Å². The van der Waals surface area contributed by atoms with Gasteiger partial charge in [-0.05, 0) is 30.3 Å². The molecule has 2 aromatic rings. The number of amides is 4. The second-order valence-electron chi connectivity index (χ2n) is 7.14. The molecular formula is C21H20N4O4. The monoisotopic (exact) mass is 392 g/mol. The van der Waals surface area contributed by atoms with Gasteiger partial charge in [-0.25, -0.2) is 0 Å². The quantitative estimate of drug-likeness (QED) is 0.836. The molecule has 2 aliphatic rings. The topological polar surface area (TPSA) is 98.8 Å². The normalized spacial score (nSPS) is 20.2. The molecule has 2 N–H and O–H groups in total. The SMILES string of the molecule is CC(=O)Nc1cccc(NC(=O)C23CCC(=O)N2c2ccccc2C(=O)N3C)c1. The number of hydrogen-bond donors (Lipinski definition) is 2. The van der Waals surface area contributed by atoms with Gasteiger partial charge >= 0.3 is 0 Å². The summed E-state index contributed by atoms with van der Waals surface area (Å²) in [7, 11) is 1.54. The van der Waals surface area contributed by atoms with E-state index in [9.17, 15) is 19.2 Å². The molecule has 29 heavy (non-hydrogen) atoms. The molecule has 0 spiro atoms. The number of para-hydroxylation sites is 1. The first-order valence-corrected chi connectivity index (χ1v) is 9.24. The van der Waals surface area contributed by atoms with Crippen molar-refractivity contribution >= 4 is 40.7 Å². The van der Waals surface area contributed by atoms with Crippen LogP contribution in [0.1, 0.15) is 30.1 Å². The Balaban J connectivity index is 1.73. The summed E-state index contributed by atoms with van der Waals surface area (Å²) in [6.45, 7) is 1.40. The lowest BCUT2D eigenvalue weighted by Gasteiger charge is -2.47. The first-order valence-electron chi connectivity index (χ1n) is 9.24. The Morgan fingerprint density at radius 3 is 2.41 bits per heavy atom. The van der Waals surface area contributed by atoms with E-state index in [2.05, 4.69) is 10.6 Å². The van der Waals surface area contributed by atoms with Crippen molar-refractivity contribution in [3.63, 3.8) is 0 Å². The van der Waals surface area contributed by atoms with Crippen LogP contribution in [0.2, 0.25) is 0 Å². The molecule has 8 nitrogen and oxygen atoms in total. The van der Waals surface area contributed by atoms with Crippen LogP contribution in [0.25, 0.3) is 0 Å². The number of likely N-dealkylation sites (N-methyl/N-ethyl adjacent to an activating group) is 1. The van der Waals surface area contributed by atoms with E-state index in [1.807, 2.05) is 0 Å². The molecule has 2 heterocycles. The molecular weight excluding hydrogens is 372 g/mol. The third-order valence-electron chi connectivity index (χ3n) is 5.35. The Morgan fingerprint density at radius 1 is 1.00 bits per heavy atom. The number of hydrogen-bond acceptors (Lipinski definition) is 4. The van der Waals surface area contributed by atoms with Crippen LogP contribution in [0.3, 0.4) is 0 Å². The van der Waals surface area contributed by atoms with E-state index in [0.29, 0.717) is 22.6 Å². The number of carbonyl (C=O) groups excluding carboxylic acids is 4. The zero-order valence-corrected chi connectivity index (χ0v) is 16.1. The summed E-state index contributed by atoms with van der Waals surface area (Å²) in [5, 5.41) is 5.47. The lowest BCUT2D eigenvalue weighted by atomic mass is 9.96. The van der Waals surface area contributed by atoms with Crippen molar-refractivity contribution < 1.29 is 19.2 Å². The van der Waals surface area contributed by atoms with E-state index in [0.717, 1.165) is 0 Å². The van der Waals surface area contributed by atoms with Crippen molar-refractivity contribution in [1.29, 1.82) is 0 Å². The standard InChI is InChI=1S/C21H20N4O4/c1-13(26)22-14-6-5-7-15(12-14)23-20(29)21-11-10-18(27)25(21)17-9-4-3-8-16(17)19(28)24(21)2/h3-9,12H,10-11H2,1-2H3,(H,22,26)(H,23,29). The Bertz CT molecular complexity index is 1050. The number of nitrogens with one attached hydrogen (secondary N) is 2. The van der Waals surface area contributed by atoms with Crippen molar-refractivity contribution in [2.75, 3.05) is 22.6 Å². The number of benzene rings is 2. The highest BCUT2D eigenvalue weighted by atomic mass is 16.2. The Hall–Kier alpha value is -3.68. The summed E-state index contributed by atoms with van der Waals surface area (Å²) in [5.74, 6) is -1.23. The maximum Gasteiger partial charge on any atom is 0.271 e. The minimum atomic E-state index is -1.44. The first kappa shape index (κ1) is 18.7. The molecule has 1 saturated heterocycles. The highest BCUT2D eigenvalue weighted by molar-refractivity contribution is 6.18. The fraction of sp³-hybridized carbons (Fsp3) is 0.238. The first-order chi connectivity index (χ1) is 13.8. The summed E-state index contributed by atoms with van der Waals surface area (Å²) < 4.78 is 0. The maximum atomic E-state index is 13.4.